The summed E-state index contributed by atoms with van der Waals surface area (Å²) in [5, 5.41) is 15.4. The molecular weight excluding hydrogens is 130 g/mol. The van der Waals surface area contributed by atoms with Crippen molar-refractivity contribution in [3.63, 3.8) is 0 Å². The molecular formula is C6H9N3O. The van der Waals surface area contributed by atoms with Crippen LogP contribution in [0.2, 0.25) is 0 Å². The number of hydrogen-bond acceptors (Lipinski definition) is 3. The number of hydrogen-bond donors (Lipinski definition) is 1. The Morgan fingerprint density at radius 2 is 2.50 bits per heavy atom. The van der Waals surface area contributed by atoms with E-state index in [0.29, 0.717) is 11.4 Å². The molecule has 0 amide bonds. The number of rotatable bonds is 1. The zero-order valence-electron chi connectivity index (χ0n) is 5.94. The fraction of sp³-hybridized carbons (Fsp3) is 0.333. The highest BCUT2D eigenvalue weighted by Crippen LogP contribution is 1.95. The molecule has 0 unspecified atom stereocenters. The quantitative estimate of drug-likeness (QED) is 0.352. The fourth-order valence-electron chi connectivity index (χ4n) is 0.659. The van der Waals surface area contributed by atoms with Crippen molar-refractivity contribution < 1.29 is 5.21 Å². The first-order chi connectivity index (χ1) is 4.74. The van der Waals surface area contributed by atoms with Crippen LogP contribution >= 0.6 is 0 Å². The van der Waals surface area contributed by atoms with Crippen LogP contribution < -0.4 is 0 Å². The van der Waals surface area contributed by atoms with Crippen molar-refractivity contribution in [3.8, 4) is 0 Å². The minimum absolute atomic E-state index is 0.528. The minimum Gasteiger partial charge on any atom is -0.411 e. The summed E-state index contributed by atoms with van der Waals surface area (Å²) in [6, 6.07) is 1.79. The largest absolute Gasteiger partial charge is 0.411 e. The zero-order valence-corrected chi connectivity index (χ0v) is 5.94. The molecule has 10 heavy (non-hydrogen) atoms. The van der Waals surface area contributed by atoms with E-state index < -0.39 is 0 Å². The van der Waals surface area contributed by atoms with Gasteiger partial charge in [-0.25, -0.2) is 0 Å². The summed E-state index contributed by atoms with van der Waals surface area (Å²) in [6.45, 7) is 1.70. The van der Waals surface area contributed by atoms with Gasteiger partial charge in [0.2, 0.25) is 0 Å². The fourth-order valence-corrected chi connectivity index (χ4v) is 0.659. The predicted molar refractivity (Wildman–Crippen MR) is 37.2 cm³/mol. The maximum atomic E-state index is 8.34. The van der Waals surface area contributed by atoms with Crippen LogP contribution in [0.4, 0.5) is 0 Å². The third-order valence-electron chi connectivity index (χ3n) is 1.23. The third-order valence-corrected chi connectivity index (χ3v) is 1.23. The maximum Gasteiger partial charge on any atom is 0.110 e. The van der Waals surface area contributed by atoms with Crippen LogP contribution in [0.25, 0.3) is 0 Å². The SMILES string of the molecule is C/C(=N\O)c1ccn(C)n1. The molecule has 0 spiro atoms. The van der Waals surface area contributed by atoms with E-state index in [0.717, 1.165) is 0 Å². The molecule has 4 heteroatoms. The average Bonchev–Trinajstić information content (AvgIpc) is 2.34. The highest BCUT2D eigenvalue weighted by atomic mass is 16.4. The first-order valence-electron chi connectivity index (χ1n) is 2.92. The second-order valence-corrected chi connectivity index (χ2v) is 2.06. The molecule has 1 rings (SSSR count). The molecule has 0 atom stereocenters. The van der Waals surface area contributed by atoms with Crippen molar-refractivity contribution in [1.82, 2.24) is 9.78 Å². The Bertz CT molecular complexity index is 251. The first kappa shape index (κ1) is 6.80. The van der Waals surface area contributed by atoms with Crippen LogP contribution in [0.5, 0.6) is 0 Å². The Morgan fingerprint density at radius 1 is 1.80 bits per heavy atom. The van der Waals surface area contributed by atoms with Crippen LogP contribution in [0, 0.1) is 0 Å². The second kappa shape index (κ2) is 2.51. The van der Waals surface area contributed by atoms with Crippen molar-refractivity contribution in [1.29, 1.82) is 0 Å². The van der Waals surface area contributed by atoms with Gasteiger partial charge in [-0.1, -0.05) is 5.16 Å². The van der Waals surface area contributed by atoms with Crippen LogP contribution in [0.3, 0.4) is 0 Å². The Hall–Kier alpha value is -1.32. The van der Waals surface area contributed by atoms with E-state index in [1.165, 1.54) is 0 Å². The molecule has 0 saturated carbocycles. The molecule has 0 radical (unpaired) electrons. The summed E-state index contributed by atoms with van der Waals surface area (Å²) in [5.41, 5.74) is 1.23. The van der Waals surface area contributed by atoms with Gasteiger partial charge in [0.1, 0.15) is 11.4 Å². The molecule has 0 aliphatic rings. The zero-order chi connectivity index (χ0) is 7.56. The number of aryl methyl sites for hydroxylation is 1. The molecule has 1 heterocycles. The smallest absolute Gasteiger partial charge is 0.110 e. The molecule has 54 valence electrons. The van der Waals surface area contributed by atoms with Crippen molar-refractivity contribution in [3.05, 3.63) is 18.0 Å². The van der Waals surface area contributed by atoms with Crippen LogP contribution in [-0.4, -0.2) is 20.7 Å². The summed E-state index contributed by atoms with van der Waals surface area (Å²) in [5.74, 6) is 0. The van der Waals surface area contributed by atoms with Crippen molar-refractivity contribution >= 4 is 5.71 Å². The lowest BCUT2D eigenvalue weighted by atomic mass is 10.3. The monoisotopic (exact) mass is 139 g/mol. The van der Waals surface area contributed by atoms with Crippen molar-refractivity contribution in [2.45, 2.75) is 6.92 Å². The molecule has 0 aliphatic carbocycles. The van der Waals surface area contributed by atoms with E-state index in [1.807, 2.05) is 7.05 Å². The van der Waals surface area contributed by atoms with Crippen LogP contribution in [0.15, 0.2) is 17.4 Å². The van der Waals surface area contributed by atoms with Gasteiger partial charge < -0.3 is 5.21 Å². The third kappa shape index (κ3) is 1.15. The van der Waals surface area contributed by atoms with Crippen molar-refractivity contribution in [2.75, 3.05) is 0 Å². The van der Waals surface area contributed by atoms with E-state index >= 15 is 0 Å². The lowest BCUT2D eigenvalue weighted by Crippen LogP contribution is -1.97. The van der Waals surface area contributed by atoms with Crippen molar-refractivity contribution in [2.24, 2.45) is 12.2 Å². The number of oxime groups is 1. The summed E-state index contributed by atoms with van der Waals surface area (Å²) in [4.78, 5) is 0. The summed E-state index contributed by atoms with van der Waals surface area (Å²) >= 11 is 0. The van der Waals surface area contributed by atoms with Gasteiger partial charge in [-0.2, -0.15) is 5.10 Å². The highest BCUT2D eigenvalue weighted by molar-refractivity contribution is 5.96. The standard InChI is InChI=1S/C6H9N3O/c1-5(8-10)6-3-4-9(2)7-6/h3-4,10H,1-2H3/b8-5+. The second-order valence-electron chi connectivity index (χ2n) is 2.06. The molecule has 0 aliphatic heterocycles. The van der Waals surface area contributed by atoms with E-state index in [2.05, 4.69) is 10.3 Å². The molecule has 0 aromatic carbocycles. The number of aromatic nitrogens is 2. The van der Waals surface area contributed by atoms with Gasteiger partial charge in [0.05, 0.1) is 0 Å². The summed E-state index contributed by atoms with van der Waals surface area (Å²) < 4.78 is 1.66. The predicted octanol–water partition coefficient (Wildman–Crippen LogP) is 0.618. The van der Waals surface area contributed by atoms with Gasteiger partial charge >= 0.3 is 0 Å². The van der Waals surface area contributed by atoms with Gasteiger partial charge in [0.25, 0.3) is 0 Å². The summed E-state index contributed by atoms with van der Waals surface area (Å²) in [6.07, 6.45) is 1.80. The topological polar surface area (TPSA) is 50.4 Å². The molecule has 4 nitrogen and oxygen atoms in total. The lowest BCUT2D eigenvalue weighted by molar-refractivity contribution is 0.319. The highest BCUT2D eigenvalue weighted by Gasteiger charge is 1.98. The number of nitrogens with zero attached hydrogens (tertiary/aromatic N) is 3. The molecule has 1 aromatic heterocycles. The Labute approximate surface area is 58.8 Å². The average molecular weight is 139 g/mol. The summed E-state index contributed by atoms with van der Waals surface area (Å²) in [7, 11) is 1.81. The van der Waals surface area contributed by atoms with E-state index in [1.54, 1.807) is 23.9 Å². The molecule has 1 aromatic rings. The Kier molecular flexibility index (Phi) is 1.71. The Balaban J connectivity index is 2.95. The van der Waals surface area contributed by atoms with Gasteiger partial charge in [-0.3, -0.25) is 4.68 Å². The molecule has 0 fully saturated rings. The maximum absolute atomic E-state index is 8.34. The van der Waals surface area contributed by atoms with Crippen LogP contribution in [-0.2, 0) is 7.05 Å². The van der Waals surface area contributed by atoms with Gasteiger partial charge in [-0.15, -0.1) is 0 Å². The van der Waals surface area contributed by atoms with Crippen LogP contribution in [0.1, 0.15) is 12.6 Å². The van der Waals surface area contributed by atoms with E-state index in [9.17, 15) is 0 Å². The lowest BCUT2D eigenvalue weighted by Gasteiger charge is -1.88. The van der Waals surface area contributed by atoms with Gasteiger partial charge in [0, 0.05) is 13.2 Å². The molecule has 0 bridgehead atoms. The van der Waals surface area contributed by atoms with E-state index in [-0.39, 0.29) is 0 Å². The van der Waals surface area contributed by atoms with Gasteiger partial charge in [-0.05, 0) is 13.0 Å². The first-order valence-corrected chi connectivity index (χ1v) is 2.92. The van der Waals surface area contributed by atoms with Gasteiger partial charge in [0.15, 0.2) is 0 Å². The minimum atomic E-state index is 0.528. The van der Waals surface area contributed by atoms with E-state index in [4.69, 9.17) is 5.21 Å². The molecule has 0 saturated heterocycles. The normalized spacial score (nSPS) is 12.0. The molecule has 1 N–H and O–H groups in total. The Morgan fingerprint density at radius 3 is 2.90 bits per heavy atom.